The van der Waals surface area contributed by atoms with Crippen molar-refractivity contribution in [1.82, 2.24) is 5.32 Å². The van der Waals surface area contributed by atoms with Crippen molar-refractivity contribution in [3.05, 3.63) is 0 Å². The third-order valence-corrected chi connectivity index (χ3v) is 4.44. The predicted octanol–water partition coefficient (Wildman–Crippen LogP) is 3.11. The highest BCUT2D eigenvalue weighted by Crippen LogP contribution is 2.45. The van der Waals surface area contributed by atoms with Gasteiger partial charge in [-0.1, -0.05) is 20.8 Å². The number of ether oxygens (including phenoxy) is 1. The second-order valence-electron chi connectivity index (χ2n) is 6.89. The van der Waals surface area contributed by atoms with E-state index in [1.165, 1.54) is 25.7 Å². The lowest BCUT2D eigenvalue weighted by Gasteiger charge is -2.52. The summed E-state index contributed by atoms with van der Waals surface area (Å²) in [6.07, 6.45) is 6.21. The first-order valence-corrected chi connectivity index (χ1v) is 6.80. The predicted molar refractivity (Wildman–Crippen MR) is 67.6 cm³/mol. The minimum Gasteiger partial charge on any atom is -0.366 e. The molecule has 2 fully saturated rings. The van der Waals surface area contributed by atoms with Gasteiger partial charge in [-0.15, -0.1) is 0 Å². The van der Waals surface area contributed by atoms with Crippen molar-refractivity contribution in [3.8, 4) is 0 Å². The van der Waals surface area contributed by atoms with Gasteiger partial charge in [-0.2, -0.15) is 0 Å². The van der Waals surface area contributed by atoms with Crippen LogP contribution >= 0.6 is 0 Å². The van der Waals surface area contributed by atoms with Crippen LogP contribution in [-0.4, -0.2) is 24.3 Å². The maximum atomic E-state index is 6.52. The maximum absolute atomic E-state index is 6.52. The van der Waals surface area contributed by atoms with Gasteiger partial charge >= 0.3 is 0 Å². The summed E-state index contributed by atoms with van der Waals surface area (Å²) in [4.78, 5) is 0. The highest BCUT2D eigenvalue weighted by Gasteiger charge is 2.47. The van der Waals surface area contributed by atoms with Crippen LogP contribution in [0.5, 0.6) is 0 Å². The SMILES string of the molecule is CCC1(C)CNCC2(CCCC(C)(C)C2)O1. The van der Waals surface area contributed by atoms with Crippen molar-refractivity contribution in [2.24, 2.45) is 5.41 Å². The first-order valence-electron chi connectivity index (χ1n) is 6.80. The Morgan fingerprint density at radius 2 is 1.88 bits per heavy atom. The van der Waals surface area contributed by atoms with E-state index in [2.05, 4.69) is 33.0 Å². The van der Waals surface area contributed by atoms with E-state index < -0.39 is 0 Å². The van der Waals surface area contributed by atoms with E-state index >= 15 is 0 Å². The zero-order chi connectivity index (χ0) is 11.9. The molecule has 1 saturated heterocycles. The average Bonchev–Trinajstić information content (AvgIpc) is 2.15. The molecule has 1 aliphatic heterocycles. The Kier molecular flexibility index (Phi) is 3.09. The number of morpholine rings is 1. The standard InChI is InChI=1S/C14H27NO/c1-5-13(4)10-15-11-14(16-13)8-6-7-12(2,3)9-14/h15H,5-11H2,1-4H3. The van der Waals surface area contributed by atoms with Crippen LogP contribution in [0, 0.1) is 5.41 Å². The fourth-order valence-electron chi connectivity index (χ4n) is 3.52. The Morgan fingerprint density at radius 1 is 1.12 bits per heavy atom. The Morgan fingerprint density at radius 3 is 2.50 bits per heavy atom. The van der Waals surface area contributed by atoms with Gasteiger partial charge in [-0.25, -0.2) is 0 Å². The number of hydrogen-bond donors (Lipinski definition) is 1. The zero-order valence-corrected chi connectivity index (χ0v) is 11.4. The third kappa shape index (κ3) is 2.43. The lowest BCUT2D eigenvalue weighted by molar-refractivity contribution is -0.198. The first kappa shape index (κ1) is 12.4. The largest absolute Gasteiger partial charge is 0.366 e. The lowest BCUT2D eigenvalue weighted by atomic mass is 9.69. The van der Waals surface area contributed by atoms with E-state index in [4.69, 9.17) is 4.74 Å². The maximum Gasteiger partial charge on any atom is 0.0819 e. The third-order valence-electron chi connectivity index (χ3n) is 4.44. The molecule has 2 aliphatic rings. The van der Waals surface area contributed by atoms with Gasteiger partial charge in [-0.3, -0.25) is 0 Å². The summed E-state index contributed by atoms with van der Waals surface area (Å²) in [7, 11) is 0. The molecule has 2 nitrogen and oxygen atoms in total. The fraction of sp³-hybridized carbons (Fsp3) is 1.00. The van der Waals surface area contributed by atoms with Crippen molar-refractivity contribution in [1.29, 1.82) is 0 Å². The minimum absolute atomic E-state index is 0.0473. The topological polar surface area (TPSA) is 21.3 Å². The molecule has 1 N–H and O–H groups in total. The first-order chi connectivity index (χ1) is 7.39. The summed E-state index contributed by atoms with van der Waals surface area (Å²) in [6.45, 7) is 11.3. The van der Waals surface area contributed by atoms with Gasteiger partial charge in [0.25, 0.3) is 0 Å². The summed E-state index contributed by atoms with van der Waals surface area (Å²) in [5, 5.41) is 3.60. The van der Waals surface area contributed by atoms with Crippen molar-refractivity contribution in [2.45, 2.75) is 71.0 Å². The van der Waals surface area contributed by atoms with Crippen LogP contribution in [-0.2, 0) is 4.74 Å². The normalized spacial score (nSPS) is 43.5. The molecule has 2 unspecified atom stereocenters. The Labute approximate surface area is 100 Å². The van der Waals surface area contributed by atoms with Gasteiger partial charge < -0.3 is 10.1 Å². The fourth-order valence-corrected chi connectivity index (χ4v) is 3.52. The lowest BCUT2D eigenvalue weighted by Crippen LogP contribution is -2.61. The van der Waals surface area contributed by atoms with Crippen LogP contribution < -0.4 is 5.32 Å². The van der Waals surface area contributed by atoms with Gasteiger partial charge in [0.05, 0.1) is 11.2 Å². The zero-order valence-electron chi connectivity index (χ0n) is 11.4. The van der Waals surface area contributed by atoms with E-state index in [0.717, 1.165) is 19.5 Å². The average molecular weight is 225 g/mol. The van der Waals surface area contributed by atoms with Gasteiger partial charge in [0, 0.05) is 13.1 Å². The van der Waals surface area contributed by atoms with E-state index in [1.807, 2.05) is 0 Å². The number of hydrogen-bond acceptors (Lipinski definition) is 2. The summed E-state index contributed by atoms with van der Waals surface area (Å²) < 4.78 is 6.52. The summed E-state index contributed by atoms with van der Waals surface area (Å²) in [5.74, 6) is 0. The summed E-state index contributed by atoms with van der Waals surface area (Å²) >= 11 is 0. The molecule has 94 valence electrons. The molecule has 2 heteroatoms. The van der Waals surface area contributed by atoms with Gasteiger partial charge in [0.15, 0.2) is 0 Å². The highest BCUT2D eigenvalue weighted by molar-refractivity contribution is 4.99. The summed E-state index contributed by atoms with van der Waals surface area (Å²) in [5.41, 5.74) is 0.613. The molecule has 1 aliphatic carbocycles. The van der Waals surface area contributed by atoms with Gasteiger partial charge in [0.2, 0.25) is 0 Å². The van der Waals surface area contributed by atoms with Gasteiger partial charge in [-0.05, 0) is 44.4 Å². The van der Waals surface area contributed by atoms with Crippen LogP contribution in [0.25, 0.3) is 0 Å². The van der Waals surface area contributed by atoms with Crippen molar-refractivity contribution in [2.75, 3.05) is 13.1 Å². The molecule has 2 atom stereocenters. The van der Waals surface area contributed by atoms with E-state index in [0.29, 0.717) is 5.41 Å². The molecule has 0 bridgehead atoms. The molecule has 1 spiro atoms. The molecule has 16 heavy (non-hydrogen) atoms. The van der Waals surface area contributed by atoms with Gasteiger partial charge in [0.1, 0.15) is 0 Å². The molecule has 0 aromatic heterocycles. The van der Waals surface area contributed by atoms with Crippen molar-refractivity contribution in [3.63, 3.8) is 0 Å². The minimum atomic E-state index is 0.0473. The monoisotopic (exact) mass is 225 g/mol. The van der Waals surface area contributed by atoms with Crippen LogP contribution in [0.1, 0.15) is 59.8 Å². The number of rotatable bonds is 1. The van der Waals surface area contributed by atoms with Crippen molar-refractivity contribution >= 4 is 0 Å². The molecular formula is C14H27NO. The second kappa shape index (κ2) is 3.99. The molecule has 1 heterocycles. The molecular weight excluding hydrogens is 198 g/mol. The van der Waals surface area contributed by atoms with Crippen molar-refractivity contribution < 1.29 is 4.74 Å². The quantitative estimate of drug-likeness (QED) is 0.740. The highest BCUT2D eigenvalue weighted by atomic mass is 16.5. The molecule has 0 amide bonds. The van der Waals surface area contributed by atoms with Crippen LogP contribution in [0.15, 0.2) is 0 Å². The Balaban J connectivity index is 2.12. The summed E-state index contributed by atoms with van der Waals surface area (Å²) in [6, 6.07) is 0. The van der Waals surface area contributed by atoms with Crippen LogP contribution in [0.4, 0.5) is 0 Å². The van der Waals surface area contributed by atoms with Crippen LogP contribution in [0.2, 0.25) is 0 Å². The molecule has 0 radical (unpaired) electrons. The second-order valence-corrected chi connectivity index (χ2v) is 6.89. The van der Waals surface area contributed by atoms with E-state index in [9.17, 15) is 0 Å². The molecule has 0 aromatic rings. The van der Waals surface area contributed by atoms with E-state index in [-0.39, 0.29) is 11.2 Å². The molecule has 0 aromatic carbocycles. The molecule has 1 saturated carbocycles. The Bertz CT molecular complexity index is 259. The smallest absolute Gasteiger partial charge is 0.0819 e. The van der Waals surface area contributed by atoms with Crippen LogP contribution in [0.3, 0.4) is 0 Å². The number of nitrogens with one attached hydrogen (secondary N) is 1. The Hall–Kier alpha value is -0.0800. The van der Waals surface area contributed by atoms with E-state index in [1.54, 1.807) is 0 Å². The molecule has 2 rings (SSSR count).